The summed E-state index contributed by atoms with van der Waals surface area (Å²) in [6, 6.07) is 8.66. The molecule has 1 aromatic heterocycles. The smallest absolute Gasteiger partial charge is 0.0735 e. The number of aromatic nitrogens is 1. The molecule has 0 unspecified atom stereocenters. The molecule has 0 bridgehead atoms. The third-order valence-electron chi connectivity index (χ3n) is 5.86. The van der Waals surface area contributed by atoms with Gasteiger partial charge in [0.25, 0.3) is 0 Å². The number of piperidine rings is 1. The predicted octanol–water partition coefficient (Wildman–Crippen LogP) is 3.45. The van der Waals surface area contributed by atoms with Crippen molar-refractivity contribution in [1.82, 2.24) is 9.88 Å². The molecule has 4 heteroatoms. The minimum absolute atomic E-state index is 0.0884. The lowest BCUT2D eigenvalue weighted by Crippen LogP contribution is -2.52. The van der Waals surface area contributed by atoms with Gasteiger partial charge in [-0.2, -0.15) is 0 Å². The van der Waals surface area contributed by atoms with Gasteiger partial charge in [-0.1, -0.05) is 19.1 Å². The molecule has 2 N–H and O–H groups in total. The topological polar surface area (TPSA) is 48.5 Å². The van der Waals surface area contributed by atoms with Crippen LogP contribution in [0.25, 0.3) is 10.9 Å². The van der Waals surface area contributed by atoms with Gasteiger partial charge in [-0.25, -0.2) is 0 Å². The second-order valence-electron chi connectivity index (χ2n) is 7.56. The van der Waals surface area contributed by atoms with Gasteiger partial charge in [0.05, 0.1) is 17.8 Å². The number of likely N-dealkylation sites (tertiary alicyclic amines) is 1. The van der Waals surface area contributed by atoms with Crippen molar-refractivity contribution in [2.75, 3.05) is 13.1 Å². The Morgan fingerprint density at radius 1 is 1.29 bits per heavy atom. The van der Waals surface area contributed by atoms with Gasteiger partial charge in [0.15, 0.2) is 0 Å². The van der Waals surface area contributed by atoms with Crippen molar-refractivity contribution in [3.05, 3.63) is 36.0 Å². The molecule has 2 atom stereocenters. The third kappa shape index (κ3) is 3.10. The largest absolute Gasteiger partial charge is 0.393 e. The second-order valence-corrected chi connectivity index (χ2v) is 7.56. The van der Waals surface area contributed by atoms with Crippen LogP contribution in [0.15, 0.2) is 30.5 Å². The van der Waals surface area contributed by atoms with Crippen LogP contribution >= 0.6 is 0 Å². The number of ether oxygens (including phenoxy) is 1. The number of benzene rings is 1. The first-order valence-electron chi connectivity index (χ1n) is 9.31. The molecule has 2 aliphatic rings. The first-order valence-corrected chi connectivity index (χ1v) is 9.31. The summed E-state index contributed by atoms with van der Waals surface area (Å²) in [6.07, 6.45) is 6.73. The Hall–Kier alpha value is -1.36. The first-order chi connectivity index (χ1) is 11.7. The number of aliphatic hydroxyl groups excluding tert-OH is 1. The van der Waals surface area contributed by atoms with E-state index in [-0.39, 0.29) is 17.8 Å². The fourth-order valence-corrected chi connectivity index (χ4v) is 4.49. The maximum atomic E-state index is 10.2. The van der Waals surface area contributed by atoms with Crippen LogP contribution in [-0.4, -0.2) is 45.9 Å². The lowest BCUT2D eigenvalue weighted by Gasteiger charge is -2.48. The van der Waals surface area contributed by atoms with Gasteiger partial charge >= 0.3 is 0 Å². The first kappa shape index (κ1) is 16.1. The number of aromatic amines is 1. The lowest BCUT2D eigenvalue weighted by atomic mass is 9.81. The summed E-state index contributed by atoms with van der Waals surface area (Å²) in [7, 11) is 0. The van der Waals surface area contributed by atoms with E-state index in [1.807, 2.05) is 6.20 Å². The number of fused-ring (bicyclic) bond motifs is 1. The molecular formula is C20H28N2O2. The van der Waals surface area contributed by atoms with Crippen molar-refractivity contribution in [2.24, 2.45) is 0 Å². The highest BCUT2D eigenvalue weighted by Crippen LogP contribution is 2.38. The van der Waals surface area contributed by atoms with Crippen LogP contribution in [0.5, 0.6) is 0 Å². The van der Waals surface area contributed by atoms with Gasteiger partial charge in [0.2, 0.25) is 0 Å². The summed E-state index contributed by atoms with van der Waals surface area (Å²) < 4.78 is 6.40. The predicted molar refractivity (Wildman–Crippen MR) is 95.9 cm³/mol. The van der Waals surface area contributed by atoms with E-state index in [2.05, 4.69) is 41.1 Å². The summed E-state index contributed by atoms with van der Waals surface area (Å²) in [5.74, 6) is 0. The number of hydrogen-bond acceptors (Lipinski definition) is 3. The average molecular weight is 328 g/mol. The molecule has 3 heterocycles. The molecule has 4 nitrogen and oxygen atoms in total. The number of hydrogen-bond donors (Lipinski definition) is 2. The zero-order valence-electron chi connectivity index (χ0n) is 14.5. The van der Waals surface area contributed by atoms with Crippen LogP contribution < -0.4 is 0 Å². The molecule has 2 aromatic rings. The molecule has 2 aliphatic heterocycles. The molecule has 1 aromatic carbocycles. The Morgan fingerprint density at radius 3 is 2.92 bits per heavy atom. The molecule has 4 rings (SSSR count). The normalized spacial score (nSPS) is 27.8. The average Bonchev–Trinajstić information content (AvgIpc) is 3.06. The zero-order valence-corrected chi connectivity index (χ0v) is 14.5. The molecule has 0 radical (unpaired) electrons. The summed E-state index contributed by atoms with van der Waals surface area (Å²) in [5, 5.41) is 11.6. The van der Waals surface area contributed by atoms with E-state index < -0.39 is 0 Å². The lowest BCUT2D eigenvalue weighted by molar-refractivity contribution is -0.182. The second kappa shape index (κ2) is 6.51. The van der Waals surface area contributed by atoms with Gasteiger partial charge in [0.1, 0.15) is 0 Å². The maximum Gasteiger partial charge on any atom is 0.0735 e. The van der Waals surface area contributed by atoms with Crippen molar-refractivity contribution < 1.29 is 9.84 Å². The van der Waals surface area contributed by atoms with E-state index in [4.69, 9.17) is 4.74 Å². The Balaban J connectivity index is 1.42. The van der Waals surface area contributed by atoms with E-state index in [0.29, 0.717) is 0 Å². The molecule has 130 valence electrons. The van der Waals surface area contributed by atoms with Gasteiger partial charge in [-0.3, -0.25) is 4.90 Å². The number of nitrogens with zero attached hydrogens (tertiary/aromatic N) is 1. The van der Waals surface area contributed by atoms with Crippen LogP contribution in [0.1, 0.15) is 44.6 Å². The van der Waals surface area contributed by atoms with Crippen LogP contribution in [0.2, 0.25) is 0 Å². The quantitative estimate of drug-likeness (QED) is 0.907. The maximum absolute atomic E-state index is 10.2. The van der Waals surface area contributed by atoms with Gasteiger partial charge < -0.3 is 14.8 Å². The molecular weight excluding hydrogens is 300 g/mol. The highest BCUT2D eigenvalue weighted by molar-refractivity contribution is 5.82. The molecule has 2 fully saturated rings. The minimum Gasteiger partial charge on any atom is -0.393 e. The van der Waals surface area contributed by atoms with Gasteiger partial charge in [-0.05, 0) is 43.4 Å². The van der Waals surface area contributed by atoms with E-state index in [0.717, 1.165) is 51.7 Å². The van der Waals surface area contributed by atoms with Crippen molar-refractivity contribution >= 4 is 10.9 Å². The molecule has 0 aliphatic carbocycles. The molecule has 1 spiro atoms. The highest BCUT2D eigenvalue weighted by atomic mass is 16.5. The summed E-state index contributed by atoms with van der Waals surface area (Å²) in [6.45, 7) is 5.24. The Labute approximate surface area is 143 Å². The number of H-pyrrole nitrogens is 1. The van der Waals surface area contributed by atoms with Crippen molar-refractivity contribution in [3.63, 3.8) is 0 Å². The standard InChI is InChI=1S/C20H28N2O2/c1-2-17-12-16(23)13-20(24-17)7-10-22(11-8-20)14-15-4-3-5-19-18(15)6-9-21-19/h3-6,9,16-17,21,23H,2,7-8,10-14H2,1H3/t16-,17+/m1/s1. The third-order valence-corrected chi connectivity index (χ3v) is 5.86. The van der Waals surface area contributed by atoms with Crippen LogP contribution in [-0.2, 0) is 11.3 Å². The fraction of sp³-hybridized carbons (Fsp3) is 0.600. The summed E-state index contributed by atoms with van der Waals surface area (Å²) in [5.41, 5.74) is 2.51. The Kier molecular flexibility index (Phi) is 4.37. The van der Waals surface area contributed by atoms with Gasteiger partial charge in [-0.15, -0.1) is 0 Å². The van der Waals surface area contributed by atoms with Crippen molar-refractivity contribution in [2.45, 2.75) is 63.4 Å². The van der Waals surface area contributed by atoms with Gasteiger partial charge in [0, 0.05) is 43.2 Å². The molecule has 2 saturated heterocycles. The summed E-state index contributed by atoms with van der Waals surface area (Å²) in [4.78, 5) is 5.82. The van der Waals surface area contributed by atoms with Crippen LogP contribution in [0.4, 0.5) is 0 Å². The fourth-order valence-electron chi connectivity index (χ4n) is 4.49. The highest BCUT2D eigenvalue weighted by Gasteiger charge is 2.42. The van der Waals surface area contributed by atoms with E-state index in [9.17, 15) is 5.11 Å². The molecule has 0 saturated carbocycles. The van der Waals surface area contributed by atoms with Crippen LogP contribution in [0.3, 0.4) is 0 Å². The minimum atomic E-state index is -0.191. The monoisotopic (exact) mass is 328 g/mol. The van der Waals surface area contributed by atoms with E-state index in [1.54, 1.807) is 0 Å². The zero-order chi connectivity index (χ0) is 16.6. The van der Waals surface area contributed by atoms with Crippen molar-refractivity contribution in [1.29, 1.82) is 0 Å². The number of nitrogens with one attached hydrogen (secondary N) is 1. The number of rotatable bonds is 3. The van der Waals surface area contributed by atoms with Crippen LogP contribution in [0, 0.1) is 0 Å². The van der Waals surface area contributed by atoms with Crippen molar-refractivity contribution in [3.8, 4) is 0 Å². The Bertz CT molecular complexity index is 688. The summed E-state index contributed by atoms with van der Waals surface area (Å²) >= 11 is 0. The SMILES string of the molecule is CC[C@H]1C[C@@H](O)CC2(CCN(Cc3cccc4[nH]ccc34)CC2)O1. The molecule has 0 amide bonds. The van der Waals surface area contributed by atoms with E-state index in [1.165, 1.54) is 16.5 Å². The molecule has 24 heavy (non-hydrogen) atoms. The number of aliphatic hydroxyl groups is 1. The Morgan fingerprint density at radius 2 is 2.12 bits per heavy atom. The van der Waals surface area contributed by atoms with E-state index >= 15 is 0 Å².